The van der Waals surface area contributed by atoms with E-state index in [0.29, 0.717) is 5.82 Å². The molecule has 0 saturated heterocycles. The maximum absolute atomic E-state index is 11.8. The molecule has 4 nitrogen and oxygen atoms in total. The number of hydrogen-bond acceptors (Lipinski definition) is 2. The number of nitrogens with zero attached hydrogens (tertiary/aromatic N) is 1. The number of carbonyl (C=O) groups is 1. The van der Waals surface area contributed by atoms with Crippen molar-refractivity contribution in [3.63, 3.8) is 0 Å². The van der Waals surface area contributed by atoms with Gasteiger partial charge in [0.25, 0.3) is 0 Å². The summed E-state index contributed by atoms with van der Waals surface area (Å²) in [6, 6.07) is 12.2. The first-order valence-corrected chi connectivity index (χ1v) is 7.14. The van der Waals surface area contributed by atoms with Crippen LogP contribution in [0.5, 0.6) is 0 Å². The van der Waals surface area contributed by atoms with E-state index in [1.165, 1.54) is 0 Å². The van der Waals surface area contributed by atoms with Crippen LogP contribution in [0, 0.1) is 5.92 Å². The van der Waals surface area contributed by atoms with Gasteiger partial charge in [0.05, 0.1) is 0 Å². The number of anilines is 1. The van der Waals surface area contributed by atoms with Gasteiger partial charge in [-0.15, -0.1) is 0 Å². The number of rotatable bonds is 3. The number of carbonyl (C=O) groups excluding carboxylic acids is 1. The minimum absolute atomic E-state index is 0.0878. The number of fused-ring (bicyclic) bond motifs is 1. The van der Waals surface area contributed by atoms with Gasteiger partial charge in [-0.05, 0) is 48.1 Å². The Morgan fingerprint density at radius 2 is 2.10 bits per heavy atom. The minimum Gasteiger partial charge on any atom is -0.361 e. The fourth-order valence-corrected chi connectivity index (χ4v) is 2.46. The average molecular weight is 277 g/mol. The fourth-order valence-electron chi connectivity index (χ4n) is 2.46. The molecule has 1 aliphatic rings. The van der Waals surface area contributed by atoms with Crippen molar-refractivity contribution in [3.05, 3.63) is 48.8 Å². The van der Waals surface area contributed by atoms with Crippen molar-refractivity contribution in [3.8, 4) is 11.3 Å². The normalized spacial score (nSPS) is 14.3. The number of amides is 1. The van der Waals surface area contributed by atoms with Gasteiger partial charge >= 0.3 is 0 Å². The number of pyridine rings is 1. The van der Waals surface area contributed by atoms with Gasteiger partial charge in [0.2, 0.25) is 5.91 Å². The molecule has 21 heavy (non-hydrogen) atoms. The summed E-state index contributed by atoms with van der Waals surface area (Å²) in [4.78, 5) is 19.3. The Bertz CT molecular complexity index is 804. The van der Waals surface area contributed by atoms with Gasteiger partial charge < -0.3 is 10.3 Å². The first-order valence-electron chi connectivity index (χ1n) is 7.14. The van der Waals surface area contributed by atoms with Gasteiger partial charge in [-0.25, -0.2) is 4.98 Å². The molecule has 4 rings (SSSR count). The molecule has 2 N–H and O–H groups in total. The number of hydrogen-bond donors (Lipinski definition) is 2. The maximum atomic E-state index is 11.8. The second kappa shape index (κ2) is 4.74. The van der Waals surface area contributed by atoms with Gasteiger partial charge in [-0.1, -0.05) is 12.1 Å². The molecule has 0 bridgehead atoms. The molecule has 1 aliphatic carbocycles. The highest BCUT2D eigenvalue weighted by atomic mass is 16.2. The Labute approximate surface area is 122 Å². The first-order chi connectivity index (χ1) is 10.3. The smallest absolute Gasteiger partial charge is 0.228 e. The van der Waals surface area contributed by atoms with E-state index in [-0.39, 0.29) is 11.8 Å². The molecule has 0 unspecified atom stereocenters. The van der Waals surface area contributed by atoms with Crippen LogP contribution in [-0.4, -0.2) is 15.9 Å². The largest absolute Gasteiger partial charge is 0.361 e. The van der Waals surface area contributed by atoms with Crippen molar-refractivity contribution in [2.45, 2.75) is 12.8 Å². The first kappa shape index (κ1) is 12.1. The SMILES string of the molecule is O=C(Nc1cc2ccc(-c3ccc[nH]3)cc2cn1)C1CC1. The van der Waals surface area contributed by atoms with E-state index >= 15 is 0 Å². The average Bonchev–Trinajstić information content (AvgIpc) is 3.22. The summed E-state index contributed by atoms with van der Waals surface area (Å²) in [6.45, 7) is 0. The molecule has 2 heterocycles. The quantitative estimate of drug-likeness (QED) is 0.768. The number of aromatic amines is 1. The van der Waals surface area contributed by atoms with Crippen LogP contribution in [-0.2, 0) is 4.79 Å². The molecule has 1 amide bonds. The van der Waals surface area contributed by atoms with Gasteiger partial charge in [0.15, 0.2) is 0 Å². The molecule has 0 aliphatic heterocycles. The molecule has 1 fully saturated rings. The zero-order valence-electron chi connectivity index (χ0n) is 11.5. The second-order valence-electron chi connectivity index (χ2n) is 5.48. The van der Waals surface area contributed by atoms with Crippen molar-refractivity contribution < 1.29 is 4.79 Å². The molecule has 0 radical (unpaired) electrons. The van der Waals surface area contributed by atoms with Crippen LogP contribution in [0.4, 0.5) is 5.82 Å². The van der Waals surface area contributed by atoms with E-state index in [9.17, 15) is 4.79 Å². The number of H-pyrrole nitrogens is 1. The van der Waals surface area contributed by atoms with E-state index in [4.69, 9.17) is 0 Å². The molecule has 4 heteroatoms. The third kappa shape index (κ3) is 2.40. The molecule has 0 atom stereocenters. The standard InChI is InChI=1S/C17H15N3O/c21-17(11-3-4-11)20-16-9-12-5-6-13(8-14(12)10-19-16)15-2-1-7-18-15/h1-2,5-11,18H,3-4H2,(H,19,20,21). The summed E-state index contributed by atoms with van der Waals surface area (Å²) >= 11 is 0. The van der Waals surface area contributed by atoms with Crippen LogP contribution in [0.2, 0.25) is 0 Å². The summed E-state index contributed by atoms with van der Waals surface area (Å²) in [5.74, 6) is 0.912. The van der Waals surface area contributed by atoms with Crippen LogP contribution in [0.1, 0.15) is 12.8 Å². The summed E-state index contributed by atoms with van der Waals surface area (Å²) in [5.41, 5.74) is 2.21. The van der Waals surface area contributed by atoms with Gasteiger partial charge in [0, 0.05) is 29.4 Å². The molecule has 1 aromatic carbocycles. The van der Waals surface area contributed by atoms with Gasteiger partial charge in [-0.3, -0.25) is 4.79 Å². The molecule has 2 aromatic heterocycles. The van der Waals surface area contributed by atoms with Gasteiger partial charge in [-0.2, -0.15) is 0 Å². The van der Waals surface area contributed by atoms with Crippen molar-refractivity contribution in [1.82, 2.24) is 9.97 Å². The van der Waals surface area contributed by atoms with Crippen LogP contribution < -0.4 is 5.32 Å². The number of benzene rings is 1. The summed E-state index contributed by atoms with van der Waals surface area (Å²) < 4.78 is 0. The van der Waals surface area contributed by atoms with E-state index in [0.717, 1.165) is 34.9 Å². The van der Waals surface area contributed by atoms with Crippen LogP contribution in [0.3, 0.4) is 0 Å². The Kier molecular flexibility index (Phi) is 2.74. The Hall–Kier alpha value is -2.62. The van der Waals surface area contributed by atoms with Crippen molar-refractivity contribution in [2.24, 2.45) is 5.92 Å². The molecular weight excluding hydrogens is 262 g/mol. The molecule has 3 aromatic rings. The van der Waals surface area contributed by atoms with E-state index in [1.54, 1.807) is 0 Å². The lowest BCUT2D eigenvalue weighted by Crippen LogP contribution is -2.14. The topological polar surface area (TPSA) is 57.8 Å². The van der Waals surface area contributed by atoms with Crippen LogP contribution >= 0.6 is 0 Å². The van der Waals surface area contributed by atoms with Crippen molar-refractivity contribution in [2.75, 3.05) is 5.32 Å². The molecule has 1 saturated carbocycles. The van der Waals surface area contributed by atoms with Crippen molar-refractivity contribution >= 4 is 22.5 Å². The van der Waals surface area contributed by atoms with E-state index < -0.39 is 0 Å². The summed E-state index contributed by atoms with van der Waals surface area (Å²) in [6.07, 6.45) is 5.72. The predicted octanol–water partition coefficient (Wildman–Crippen LogP) is 3.58. The van der Waals surface area contributed by atoms with E-state index in [1.807, 2.05) is 30.6 Å². The lowest BCUT2D eigenvalue weighted by Gasteiger charge is -2.06. The van der Waals surface area contributed by atoms with Crippen LogP contribution in [0.15, 0.2) is 48.8 Å². The van der Waals surface area contributed by atoms with Gasteiger partial charge in [0.1, 0.15) is 5.82 Å². The zero-order valence-corrected chi connectivity index (χ0v) is 11.5. The lowest BCUT2D eigenvalue weighted by atomic mass is 10.1. The van der Waals surface area contributed by atoms with Crippen molar-refractivity contribution in [1.29, 1.82) is 0 Å². The third-order valence-electron chi connectivity index (χ3n) is 3.83. The Morgan fingerprint density at radius 3 is 2.86 bits per heavy atom. The molecule has 0 spiro atoms. The monoisotopic (exact) mass is 277 g/mol. The number of nitrogens with one attached hydrogen (secondary N) is 2. The third-order valence-corrected chi connectivity index (χ3v) is 3.83. The fraction of sp³-hybridized carbons (Fsp3) is 0.176. The molecular formula is C17H15N3O. The zero-order chi connectivity index (χ0) is 14.2. The Balaban J connectivity index is 1.65. The highest BCUT2D eigenvalue weighted by molar-refractivity contribution is 5.95. The maximum Gasteiger partial charge on any atom is 0.228 e. The molecule has 104 valence electrons. The number of aromatic nitrogens is 2. The Morgan fingerprint density at radius 1 is 1.19 bits per heavy atom. The lowest BCUT2D eigenvalue weighted by molar-refractivity contribution is -0.117. The highest BCUT2D eigenvalue weighted by Gasteiger charge is 2.29. The summed E-state index contributed by atoms with van der Waals surface area (Å²) in [5, 5.41) is 5.02. The highest BCUT2D eigenvalue weighted by Crippen LogP contribution is 2.30. The van der Waals surface area contributed by atoms with Crippen LogP contribution in [0.25, 0.3) is 22.0 Å². The predicted molar refractivity (Wildman–Crippen MR) is 82.9 cm³/mol. The minimum atomic E-state index is 0.0878. The van der Waals surface area contributed by atoms with E-state index in [2.05, 4.69) is 33.5 Å². The summed E-state index contributed by atoms with van der Waals surface area (Å²) in [7, 11) is 0. The second-order valence-corrected chi connectivity index (χ2v) is 5.48.